The van der Waals surface area contributed by atoms with Crippen LogP contribution in [0.5, 0.6) is 0 Å². The molecule has 0 unspecified atom stereocenters. The Morgan fingerprint density at radius 2 is 1.42 bits per heavy atom. The molecule has 1 atom stereocenters. The summed E-state index contributed by atoms with van der Waals surface area (Å²) in [7, 11) is 1.77. The molecule has 128 valence electrons. The third-order valence-corrected chi connectivity index (χ3v) is 5.15. The molecule has 1 fully saturated rings. The van der Waals surface area contributed by atoms with Gasteiger partial charge >= 0.3 is 0 Å². The van der Waals surface area contributed by atoms with Gasteiger partial charge < -0.3 is 15.4 Å². The van der Waals surface area contributed by atoms with Gasteiger partial charge in [-0.1, -0.05) is 67.1 Å². The molecule has 0 aliphatic carbocycles. The summed E-state index contributed by atoms with van der Waals surface area (Å²) in [6.07, 6.45) is 3.87. The van der Waals surface area contributed by atoms with E-state index >= 15 is 0 Å². The molecule has 24 heavy (non-hydrogen) atoms. The van der Waals surface area contributed by atoms with Crippen molar-refractivity contribution >= 4 is 0 Å². The van der Waals surface area contributed by atoms with Crippen molar-refractivity contribution in [2.24, 2.45) is 5.73 Å². The lowest BCUT2D eigenvalue weighted by molar-refractivity contribution is -0.0114. The second-order valence-corrected chi connectivity index (χ2v) is 6.64. The molecule has 1 aliphatic heterocycles. The molecule has 3 nitrogen and oxygen atoms in total. The van der Waals surface area contributed by atoms with Gasteiger partial charge in [-0.15, -0.1) is 0 Å². The van der Waals surface area contributed by atoms with Gasteiger partial charge in [0.25, 0.3) is 0 Å². The number of likely N-dealkylation sites (tertiary alicyclic amines) is 1. The van der Waals surface area contributed by atoms with Crippen LogP contribution in [0.15, 0.2) is 60.7 Å². The summed E-state index contributed by atoms with van der Waals surface area (Å²) < 4.78 is 6.16. The summed E-state index contributed by atoms with van der Waals surface area (Å²) in [5.74, 6) is 0. The number of hydrogen-bond donors (Lipinski definition) is 1. The van der Waals surface area contributed by atoms with Crippen LogP contribution in [-0.2, 0) is 10.3 Å². The predicted octanol–water partition coefficient (Wildman–Crippen LogP) is 3.39. The zero-order valence-electron chi connectivity index (χ0n) is 14.5. The SMILES string of the molecule is COC(c1ccccc1)(c1ccccc1)[C@H](N)CN1CCCCC1. The molecule has 3 rings (SSSR count). The molecule has 0 bridgehead atoms. The minimum absolute atomic E-state index is 0.134. The van der Waals surface area contributed by atoms with Gasteiger partial charge in [0.1, 0.15) is 5.60 Å². The van der Waals surface area contributed by atoms with Gasteiger partial charge in [-0.2, -0.15) is 0 Å². The highest BCUT2D eigenvalue weighted by Gasteiger charge is 2.41. The highest BCUT2D eigenvalue weighted by atomic mass is 16.5. The molecule has 2 aromatic rings. The molecule has 1 heterocycles. The number of piperidine rings is 1. The fourth-order valence-electron chi connectivity index (χ4n) is 3.90. The van der Waals surface area contributed by atoms with Crippen molar-refractivity contribution in [3.8, 4) is 0 Å². The van der Waals surface area contributed by atoms with Crippen molar-refractivity contribution in [1.82, 2.24) is 4.90 Å². The summed E-state index contributed by atoms with van der Waals surface area (Å²) in [5, 5.41) is 0. The predicted molar refractivity (Wildman–Crippen MR) is 98.9 cm³/mol. The minimum atomic E-state index is -0.625. The van der Waals surface area contributed by atoms with Crippen LogP contribution in [0.3, 0.4) is 0 Å². The van der Waals surface area contributed by atoms with E-state index in [0.717, 1.165) is 30.8 Å². The third-order valence-electron chi connectivity index (χ3n) is 5.15. The fraction of sp³-hybridized carbons (Fsp3) is 0.429. The van der Waals surface area contributed by atoms with Crippen LogP contribution in [0.1, 0.15) is 30.4 Å². The van der Waals surface area contributed by atoms with E-state index in [9.17, 15) is 0 Å². The van der Waals surface area contributed by atoms with E-state index in [4.69, 9.17) is 10.5 Å². The van der Waals surface area contributed by atoms with Gasteiger partial charge in [0, 0.05) is 13.7 Å². The maximum Gasteiger partial charge on any atom is 0.134 e. The quantitative estimate of drug-likeness (QED) is 0.885. The van der Waals surface area contributed by atoms with E-state index in [1.54, 1.807) is 7.11 Å². The lowest BCUT2D eigenvalue weighted by Gasteiger charge is -2.41. The summed E-state index contributed by atoms with van der Waals surface area (Å²) in [4.78, 5) is 2.48. The van der Waals surface area contributed by atoms with E-state index in [1.807, 2.05) is 12.1 Å². The molecular formula is C21H28N2O. The summed E-state index contributed by atoms with van der Waals surface area (Å²) in [5.41, 5.74) is 8.39. The highest BCUT2D eigenvalue weighted by molar-refractivity contribution is 5.38. The lowest BCUT2D eigenvalue weighted by atomic mass is 9.79. The first kappa shape index (κ1) is 17.2. The van der Waals surface area contributed by atoms with Crippen LogP contribution >= 0.6 is 0 Å². The Labute approximate surface area is 145 Å². The van der Waals surface area contributed by atoms with Gasteiger partial charge in [0.2, 0.25) is 0 Å². The second-order valence-electron chi connectivity index (χ2n) is 6.64. The van der Waals surface area contributed by atoms with E-state index in [2.05, 4.69) is 53.4 Å². The molecule has 0 radical (unpaired) electrons. The van der Waals surface area contributed by atoms with E-state index in [1.165, 1.54) is 19.3 Å². The number of nitrogens with two attached hydrogens (primary N) is 1. The Morgan fingerprint density at radius 1 is 0.917 bits per heavy atom. The van der Waals surface area contributed by atoms with Crippen LogP contribution in [-0.4, -0.2) is 37.7 Å². The molecule has 1 saturated heterocycles. The van der Waals surface area contributed by atoms with Gasteiger partial charge in [-0.05, 0) is 37.1 Å². The number of hydrogen-bond acceptors (Lipinski definition) is 3. The Kier molecular flexibility index (Phi) is 5.67. The van der Waals surface area contributed by atoms with Crippen LogP contribution in [0, 0.1) is 0 Å². The monoisotopic (exact) mass is 324 g/mol. The first-order valence-corrected chi connectivity index (χ1v) is 8.91. The van der Waals surface area contributed by atoms with Gasteiger partial charge in [-0.25, -0.2) is 0 Å². The second kappa shape index (κ2) is 7.93. The summed E-state index contributed by atoms with van der Waals surface area (Å²) in [6.45, 7) is 3.12. The maximum absolute atomic E-state index is 6.79. The fourth-order valence-corrected chi connectivity index (χ4v) is 3.90. The van der Waals surface area contributed by atoms with Gasteiger partial charge in [-0.3, -0.25) is 0 Å². The maximum atomic E-state index is 6.79. The Morgan fingerprint density at radius 3 is 1.88 bits per heavy atom. The number of nitrogens with zero attached hydrogens (tertiary/aromatic N) is 1. The van der Waals surface area contributed by atoms with Crippen LogP contribution < -0.4 is 5.73 Å². The van der Waals surface area contributed by atoms with Crippen LogP contribution in [0.4, 0.5) is 0 Å². The van der Waals surface area contributed by atoms with E-state index in [-0.39, 0.29) is 6.04 Å². The average Bonchev–Trinajstić information content (AvgIpc) is 2.65. The molecule has 0 aromatic heterocycles. The molecule has 3 heteroatoms. The first-order valence-electron chi connectivity index (χ1n) is 8.91. The van der Waals surface area contributed by atoms with Crippen molar-refractivity contribution in [3.05, 3.63) is 71.8 Å². The van der Waals surface area contributed by atoms with Crippen LogP contribution in [0.25, 0.3) is 0 Å². The zero-order chi connectivity index (χ0) is 16.8. The van der Waals surface area contributed by atoms with Crippen molar-refractivity contribution in [2.45, 2.75) is 30.9 Å². The average molecular weight is 324 g/mol. The van der Waals surface area contributed by atoms with E-state index < -0.39 is 5.60 Å². The first-order chi connectivity index (χ1) is 11.8. The molecule has 0 amide bonds. The Balaban J connectivity index is 1.97. The number of methoxy groups -OCH3 is 1. The normalized spacial score (nSPS) is 17.6. The number of ether oxygens (including phenoxy) is 1. The molecule has 2 N–H and O–H groups in total. The molecule has 0 saturated carbocycles. The van der Waals surface area contributed by atoms with Crippen molar-refractivity contribution in [2.75, 3.05) is 26.7 Å². The minimum Gasteiger partial charge on any atom is -0.367 e. The van der Waals surface area contributed by atoms with Crippen LogP contribution in [0.2, 0.25) is 0 Å². The Hall–Kier alpha value is -1.68. The molecule has 1 aliphatic rings. The summed E-state index contributed by atoms with van der Waals surface area (Å²) in [6, 6.07) is 20.6. The smallest absolute Gasteiger partial charge is 0.134 e. The molecule has 0 spiro atoms. The van der Waals surface area contributed by atoms with Gasteiger partial charge in [0.05, 0.1) is 6.04 Å². The summed E-state index contributed by atoms with van der Waals surface area (Å²) >= 11 is 0. The highest BCUT2D eigenvalue weighted by Crippen LogP contribution is 2.36. The van der Waals surface area contributed by atoms with Crippen molar-refractivity contribution in [1.29, 1.82) is 0 Å². The van der Waals surface area contributed by atoms with Crippen molar-refractivity contribution in [3.63, 3.8) is 0 Å². The molecule has 2 aromatic carbocycles. The standard InChI is InChI=1S/C21H28N2O/c1-24-21(18-11-5-2-6-12-18,19-13-7-3-8-14-19)20(22)17-23-15-9-4-10-16-23/h2-3,5-8,11-14,20H,4,9-10,15-17,22H2,1H3/t20-/m1/s1. The van der Waals surface area contributed by atoms with Gasteiger partial charge in [0.15, 0.2) is 0 Å². The topological polar surface area (TPSA) is 38.5 Å². The van der Waals surface area contributed by atoms with E-state index in [0.29, 0.717) is 0 Å². The Bertz CT molecular complexity index is 569. The number of benzene rings is 2. The largest absolute Gasteiger partial charge is 0.367 e. The van der Waals surface area contributed by atoms with Crippen molar-refractivity contribution < 1.29 is 4.74 Å². The lowest BCUT2D eigenvalue weighted by Crippen LogP contribution is -2.54. The third kappa shape index (κ3) is 3.39. The zero-order valence-corrected chi connectivity index (χ0v) is 14.5. The molecular weight excluding hydrogens is 296 g/mol. The number of rotatable bonds is 6.